The average molecular weight is 534 g/mol. The summed E-state index contributed by atoms with van der Waals surface area (Å²) in [5.41, 5.74) is 8.79. The van der Waals surface area contributed by atoms with E-state index >= 15 is 0 Å². The Hall–Kier alpha value is -2.54. The summed E-state index contributed by atoms with van der Waals surface area (Å²) >= 11 is 0. The largest absolute Gasteiger partial charge is 0.355 e. The van der Waals surface area contributed by atoms with Crippen LogP contribution < -0.4 is 5.32 Å². The third kappa shape index (κ3) is 4.53. The fourth-order valence-electron chi connectivity index (χ4n) is 9.71. The van der Waals surface area contributed by atoms with E-state index < -0.39 is 0 Å². The first-order valence-corrected chi connectivity index (χ1v) is 16.4. The highest BCUT2D eigenvalue weighted by atomic mass is 14.9. The zero-order valence-corrected chi connectivity index (χ0v) is 25.8. The molecule has 1 N–H and O–H groups in total. The Morgan fingerprint density at radius 3 is 1.77 bits per heavy atom. The molecule has 3 aliphatic rings. The lowest BCUT2D eigenvalue weighted by molar-refractivity contribution is 0.00240. The van der Waals surface area contributed by atoms with Gasteiger partial charge in [0.25, 0.3) is 0 Å². The molecule has 0 aliphatic heterocycles. The van der Waals surface area contributed by atoms with Crippen molar-refractivity contribution in [3.63, 3.8) is 0 Å². The number of nitrogens with one attached hydrogen (secondary N) is 1. The van der Waals surface area contributed by atoms with Crippen LogP contribution in [0, 0.1) is 47.3 Å². The molecular formula is C39H51N. The maximum atomic E-state index is 3.98. The highest BCUT2D eigenvalue weighted by Gasteiger charge is 2.59. The van der Waals surface area contributed by atoms with E-state index in [4.69, 9.17) is 0 Å². The Kier molecular flexibility index (Phi) is 7.62. The molecular weight excluding hydrogens is 482 g/mol. The summed E-state index contributed by atoms with van der Waals surface area (Å²) in [4.78, 5) is 0. The van der Waals surface area contributed by atoms with E-state index in [2.05, 4.69) is 120 Å². The number of hydrogen-bond acceptors (Lipinski definition) is 1. The van der Waals surface area contributed by atoms with Gasteiger partial charge in [-0.1, -0.05) is 109 Å². The molecule has 6 rings (SSSR count). The highest BCUT2D eigenvalue weighted by Crippen LogP contribution is 2.67. The average Bonchev–Trinajstić information content (AvgIpc) is 3.25. The van der Waals surface area contributed by atoms with E-state index in [-0.39, 0.29) is 5.41 Å². The van der Waals surface area contributed by atoms with Crippen LogP contribution in [0.5, 0.6) is 0 Å². The summed E-state index contributed by atoms with van der Waals surface area (Å²) in [7, 11) is 0. The fraction of sp³-hybridized carbons (Fsp3) is 0.538. The van der Waals surface area contributed by atoms with Crippen molar-refractivity contribution < 1.29 is 0 Å². The number of benzene rings is 3. The molecule has 0 bridgehead atoms. The maximum Gasteiger partial charge on any atom is 0.0432 e. The second kappa shape index (κ2) is 11.0. The van der Waals surface area contributed by atoms with Gasteiger partial charge in [0, 0.05) is 16.8 Å². The molecule has 0 radical (unpaired) electrons. The standard InChI is InChI=1S/C39H51N/c1-25(2)30-21-19-27(5)23-35(30)39(36-24-28(6)20-22-31(36)26(3)4)34-17-11-10-15-32(34)33-16-12-18-37(38(33)39)40-29-13-8-7-9-14-29/h7-18,25-28,30-31,35-36,40H,19-24H2,1-6H3. The molecule has 2 saturated carbocycles. The van der Waals surface area contributed by atoms with Gasteiger partial charge in [0.05, 0.1) is 0 Å². The van der Waals surface area contributed by atoms with E-state index in [1.54, 1.807) is 11.1 Å². The van der Waals surface area contributed by atoms with Crippen LogP contribution in [0.2, 0.25) is 0 Å². The summed E-state index contributed by atoms with van der Waals surface area (Å²) in [6.07, 6.45) is 8.17. The van der Waals surface area contributed by atoms with Crippen LogP contribution in [0.1, 0.15) is 91.2 Å². The summed E-state index contributed by atoms with van der Waals surface area (Å²) in [5, 5.41) is 3.98. The number of anilines is 2. The number of rotatable bonds is 6. The van der Waals surface area contributed by atoms with Crippen molar-refractivity contribution in [2.45, 2.75) is 85.5 Å². The molecule has 1 nitrogen and oxygen atoms in total. The van der Waals surface area contributed by atoms with Gasteiger partial charge in [0.2, 0.25) is 0 Å². The first-order valence-electron chi connectivity index (χ1n) is 16.4. The Morgan fingerprint density at radius 2 is 1.18 bits per heavy atom. The lowest BCUT2D eigenvalue weighted by atomic mass is 9.47. The minimum absolute atomic E-state index is 0.0253. The van der Waals surface area contributed by atoms with Crippen molar-refractivity contribution in [1.82, 2.24) is 0 Å². The normalized spacial score (nSPS) is 31.7. The van der Waals surface area contributed by atoms with Crippen LogP contribution in [0.4, 0.5) is 11.4 Å². The lowest BCUT2D eigenvalue weighted by Crippen LogP contribution is -2.53. The van der Waals surface area contributed by atoms with Crippen LogP contribution in [0.15, 0.2) is 72.8 Å². The van der Waals surface area contributed by atoms with Crippen LogP contribution in [-0.4, -0.2) is 0 Å². The molecule has 2 fully saturated rings. The molecule has 40 heavy (non-hydrogen) atoms. The molecule has 1 heteroatoms. The quantitative estimate of drug-likeness (QED) is 0.332. The first kappa shape index (κ1) is 27.6. The monoisotopic (exact) mass is 533 g/mol. The van der Waals surface area contributed by atoms with Crippen molar-refractivity contribution in [1.29, 1.82) is 0 Å². The lowest BCUT2D eigenvalue weighted by Gasteiger charge is -2.57. The second-order valence-electron chi connectivity index (χ2n) is 14.5. The summed E-state index contributed by atoms with van der Waals surface area (Å²) in [6.45, 7) is 15.1. The zero-order valence-electron chi connectivity index (χ0n) is 25.8. The Labute approximate surface area is 244 Å². The van der Waals surface area contributed by atoms with Gasteiger partial charge in [-0.25, -0.2) is 0 Å². The molecule has 0 amide bonds. The van der Waals surface area contributed by atoms with E-state index in [9.17, 15) is 0 Å². The van der Waals surface area contributed by atoms with E-state index in [1.807, 2.05) is 0 Å². The molecule has 0 aromatic heterocycles. The smallest absolute Gasteiger partial charge is 0.0432 e. The Balaban J connectivity index is 1.68. The van der Waals surface area contributed by atoms with Crippen molar-refractivity contribution in [3.05, 3.63) is 83.9 Å². The van der Waals surface area contributed by atoms with Gasteiger partial charge in [0.1, 0.15) is 0 Å². The second-order valence-corrected chi connectivity index (χ2v) is 14.5. The van der Waals surface area contributed by atoms with Gasteiger partial charge < -0.3 is 5.32 Å². The molecule has 6 unspecified atom stereocenters. The van der Waals surface area contributed by atoms with Gasteiger partial charge in [0.15, 0.2) is 0 Å². The van der Waals surface area contributed by atoms with E-state index in [0.29, 0.717) is 23.7 Å². The Bertz CT molecular complexity index is 1270. The predicted molar refractivity (Wildman–Crippen MR) is 172 cm³/mol. The fourth-order valence-corrected chi connectivity index (χ4v) is 9.71. The summed E-state index contributed by atoms with van der Waals surface area (Å²) in [5.74, 6) is 5.72. The topological polar surface area (TPSA) is 12.0 Å². The molecule has 0 spiro atoms. The predicted octanol–water partition coefficient (Wildman–Crippen LogP) is 11.1. The highest BCUT2D eigenvalue weighted by molar-refractivity contribution is 5.88. The van der Waals surface area contributed by atoms with Crippen molar-refractivity contribution in [2.75, 3.05) is 5.32 Å². The van der Waals surface area contributed by atoms with Crippen molar-refractivity contribution in [2.24, 2.45) is 47.3 Å². The summed E-state index contributed by atoms with van der Waals surface area (Å²) < 4.78 is 0. The first-order chi connectivity index (χ1) is 19.3. The van der Waals surface area contributed by atoms with Gasteiger partial charge in [-0.05, 0) is 113 Å². The Morgan fingerprint density at radius 1 is 0.625 bits per heavy atom. The molecule has 6 atom stereocenters. The molecule has 0 saturated heterocycles. The minimum Gasteiger partial charge on any atom is -0.355 e. The SMILES string of the molecule is CC1CCC(C(C)C)C(C2(C3CC(C)CCC3C(C)C)c3ccccc3-c3cccc(Nc4ccccc4)c32)C1. The summed E-state index contributed by atoms with van der Waals surface area (Å²) in [6, 6.07) is 27.6. The van der Waals surface area contributed by atoms with Gasteiger partial charge in [-0.15, -0.1) is 0 Å². The third-order valence-corrected chi connectivity index (χ3v) is 11.4. The van der Waals surface area contributed by atoms with E-state index in [0.717, 1.165) is 23.7 Å². The minimum atomic E-state index is 0.0253. The van der Waals surface area contributed by atoms with Crippen LogP contribution >= 0.6 is 0 Å². The number of fused-ring (bicyclic) bond motifs is 3. The van der Waals surface area contributed by atoms with Crippen molar-refractivity contribution >= 4 is 11.4 Å². The molecule has 212 valence electrons. The third-order valence-electron chi connectivity index (χ3n) is 11.4. The van der Waals surface area contributed by atoms with Crippen LogP contribution in [0.25, 0.3) is 11.1 Å². The van der Waals surface area contributed by atoms with Crippen molar-refractivity contribution in [3.8, 4) is 11.1 Å². The molecule has 0 heterocycles. The maximum absolute atomic E-state index is 3.98. The van der Waals surface area contributed by atoms with Gasteiger partial charge in [-0.3, -0.25) is 0 Å². The van der Waals surface area contributed by atoms with Crippen LogP contribution in [0.3, 0.4) is 0 Å². The number of hydrogen-bond donors (Lipinski definition) is 1. The molecule has 3 aromatic rings. The van der Waals surface area contributed by atoms with Gasteiger partial charge in [-0.2, -0.15) is 0 Å². The zero-order chi connectivity index (χ0) is 28.0. The van der Waals surface area contributed by atoms with E-state index in [1.165, 1.54) is 61.0 Å². The molecule has 3 aliphatic carbocycles. The van der Waals surface area contributed by atoms with Gasteiger partial charge >= 0.3 is 0 Å². The number of para-hydroxylation sites is 1. The molecule has 3 aromatic carbocycles. The van der Waals surface area contributed by atoms with Crippen LogP contribution in [-0.2, 0) is 5.41 Å².